The standard InChI is InChI=1S/C26H21ClN2O5/c1-2-30-22-9-16(5-8-20(22)31-13-15-3-6-17(27)7-4-15)25-18-10-23-24(33-14-32-23)11-21(18)34-26(29)19(25)12-28/h3-11,25H,2,13-14,29H2,1H3. The Morgan fingerprint density at radius 3 is 2.50 bits per heavy atom. The molecule has 0 saturated carbocycles. The monoisotopic (exact) mass is 476 g/mol. The Balaban J connectivity index is 1.52. The zero-order chi connectivity index (χ0) is 23.7. The van der Waals surface area contributed by atoms with E-state index >= 15 is 0 Å². The fourth-order valence-corrected chi connectivity index (χ4v) is 4.15. The van der Waals surface area contributed by atoms with E-state index < -0.39 is 5.92 Å². The molecule has 0 aromatic heterocycles. The van der Waals surface area contributed by atoms with Crippen LogP contribution < -0.4 is 29.4 Å². The summed E-state index contributed by atoms with van der Waals surface area (Å²) in [6, 6.07) is 18.8. The number of nitriles is 1. The molecular weight excluding hydrogens is 456 g/mol. The third-order valence-corrected chi connectivity index (χ3v) is 5.87. The van der Waals surface area contributed by atoms with Gasteiger partial charge in [-0.3, -0.25) is 0 Å². The number of hydrogen-bond acceptors (Lipinski definition) is 7. The highest BCUT2D eigenvalue weighted by Crippen LogP contribution is 2.48. The quantitative estimate of drug-likeness (QED) is 0.518. The Bertz CT molecular complexity index is 1310. The molecule has 2 aliphatic heterocycles. The maximum Gasteiger partial charge on any atom is 0.231 e. The van der Waals surface area contributed by atoms with Crippen LogP contribution in [0.2, 0.25) is 5.02 Å². The molecular formula is C26H21ClN2O5. The summed E-state index contributed by atoms with van der Waals surface area (Å²) in [5.41, 5.74) is 8.98. The van der Waals surface area contributed by atoms with E-state index in [1.54, 1.807) is 6.07 Å². The Kier molecular flexibility index (Phi) is 5.83. The van der Waals surface area contributed by atoms with E-state index in [0.717, 1.165) is 16.7 Å². The van der Waals surface area contributed by atoms with Crippen molar-refractivity contribution in [2.75, 3.05) is 13.4 Å². The lowest BCUT2D eigenvalue weighted by molar-refractivity contribution is 0.174. The topological polar surface area (TPSA) is 96.0 Å². The summed E-state index contributed by atoms with van der Waals surface area (Å²) in [5, 5.41) is 10.5. The Labute approximate surface area is 201 Å². The van der Waals surface area contributed by atoms with Crippen LogP contribution in [-0.2, 0) is 6.61 Å². The second-order valence-corrected chi connectivity index (χ2v) is 8.16. The number of halogens is 1. The second-order valence-electron chi connectivity index (χ2n) is 7.72. The average Bonchev–Trinajstić information content (AvgIpc) is 3.29. The number of benzene rings is 3. The summed E-state index contributed by atoms with van der Waals surface area (Å²) in [7, 11) is 0. The summed E-state index contributed by atoms with van der Waals surface area (Å²) < 4.78 is 28.7. The summed E-state index contributed by atoms with van der Waals surface area (Å²) in [6.45, 7) is 2.84. The van der Waals surface area contributed by atoms with E-state index in [0.29, 0.717) is 52.6 Å². The molecule has 1 unspecified atom stereocenters. The number of allylic oxidation sites excluding steroid dienone is 1. The zero-order valence-electron chi connectivity index (χ0n) is 18.3. The van der Waals surface area contributed by atoms with Crippen LogP contribution in [0.15, 0.2) is 66.1 Å². The molecule has 8 heteroatoms. The number of fused-ring (bicyclic) bond motifs is 2. The van der Waals surface area contributed by atoms with Gasteiger partial charge in [0, 0.05) is 16.7 Å². The Hall–Kier alpha value is -4.02. The minimum Gasteiger partial charge on any atom is -0.490 e. The molecule has 0 radical (unpaired) electrons. The van der Waals surface area contributed by atoms with Gasteiger partial charge in [0.25, 0.3) is 0 Å². The lowest BCUT2D eigenvalue weighted by Crippen LogP contribution is -2.21. The van der Waals surface area contributed by atoms with E-state index in [1.807, 2.05) is 55.5 Å². The van der Waals surface area contributed by atoms with Crippen molar-refractivity contribution in [2.45, 2.75) is 19.4 Å². The first-order valence-corrected chi connectivity index (χ1v) is 11.1. The first-order chi connectivity index (χ1) is 16.6. The van der Waals surface area contributed by atoms with Gasteiger partial charge in [0.05, 0.1) is 12.5 Å². The zero-order valence-corrected chi connectivity index (χ0v) is 19.1. The van der Waals surface area contributed by atoms with Gasteiger partial charge in [-0.25, -0.2) is 0 Å². The molecule has 172 valence electrons. The molecule has 3 aromatic carbocycles. The normalized spacial score (nSPS) is 15.9. The third kappa shape index (κ3) is 4.04. The van der Waals surface area contributed by atoms with Crippen molar-refractivity contribution in [3.05, 3.63) is 87.8 Å². The van der Waals surface area contributed by atoms with E-state index in [1.165, 1.54) is 0 Å². The largest absolute Gasteiger partial charge is 0.490 e. The van der Waals surface area contributed by atoms with Crippen molar-refractivity contribution in [3.8, 4) is 34.8 Å². The van der Waals surface area contributed by atoms with Gasteiger partial charge in [0.15, 0.2) is 23.0 Å². The van der Waals surface area contributed by atoms with E-state index in [4.69, 9.17) is 41.0 Å². The first-order valence-electron chi connectivity index (χ1n) is 10.7. The highest BCUT2D eigenvalue weighted by atomic mass is 35.5. The smallest absolute Gasteiger partial charge is 0.231 e. The van der Waals surface area contributed by atoms with Crippen LogP contribution in [-0.4, -0.2) is 13.4 Å². The molecule has 3 aromatic rings. The number of nitrogens with two attached hydrogens (primary N) is 1. The summed E-state index contributed by atoms with van der Waals surface area (Å²) in [4.78, 5) is 0. The predicted molar refractivity (Wildman–Crippen MR) is 125 cm³/mol. The molecule has 0 fully saturated rings. The van der Waals surface area contributed by atoms with Gasteiger partial charge in [-0.1, -0.05) is 29.8 Å². The van der Waals surface area contributed by atoms with E-state index in [-0.39, 0.29) is 12.7 Å². The summed E-state index contributed by atoms with van der Waals surface area (Å²) in [6.07, 6.45) is 0. The van der Waals surface area contributed by atoms with Gasteiger partial charge in [-0.2, -0.15) is 5.26 Å². The maximum absolute atomic E-state index is 9.88. The Morgan fingerprint density at radius 2 is 1.76 bits per heavy atom. The van der Waals surface area contributed by atoms with Crippen LogP contribution in [0, 0.1) is 11.3 Å². The van der Waals surface area contributed by atoms with Gasteiger partial charge < -0.3 is 29.4 Å². The maximum atomic E-state index is 9.88. The molecule has 0 amide bonds. The fourth-order valence-electron chi connectivity index (χ4n) is 4.02. The molecule has 2 aliphatic rings. The third-order valence-electron chi connectivity index (χ3n) is 5.62. The number of hydrogen-bond donors (Lipinski definition) is 1. The molecule has 5 rings (SSSR count). The molecule has 0 spiro atoms. The van der Waals surface area contributed by atoms with E-state index in [9.17, 15) is 5.26 Å². The minimum atomic E-state index is -0.465. The van der Waals surface area contributed by atoms with Crippen LogP contribution >= 0.6 is 11.6 Å². The van der Waals surface area contributed by atoms with Gasteiger partial charge in [-0.05, 0) is 48.4 Å². The lowest BCUT2D eigenvalue weighted by Gasteiger charge is -2.27. The number of ether oxygens (including phenoxy) is 5. The highest BCUT2D eigenvalue weighted by Gasteiger charge is 2.33. The van der Waals surface area contributed by atoms with Crippen molar-refractivity contribution in [2.24, 2.45) is 5.73 Å². The Morgan fingerprint density at radius 1 is 1.00 bits per heavy atom. The molecule has 34 heavy (non-hydrogen) atoms. The highest BCUT2D eigenvalue weighted by molar-refractivity contribution is 6.30. The summed E-state index contributed by atoms with van der Waals surface area (Å²) in [5.74, 6) is 2.44. The molecule has 0 bridgehead atoms. The van der Waals surface area contributed by atoms with Crippen molar-refractivity contribution in [1.29, 1.82) is 5.26 Å². The fraction of sp³-hybridized carbons (Fsp3) is 0.192. The van der Waals surface area contributed by atoms with Crippen LogP contribution in [0.5, 0.6) is 28.7 Å². The van der Waals surface area contributed by atoms with Crippen molar-refractivity contribution < 1.29 is 23.7 Å². The van der Waals surface area contributed by atoms with Gasteiger partial charge >= 0.3 is 0 Å². The van der Waals surface area contributed by atoms with Gasteiger partial charge in [0.2, 0.25) is 12.7 Å². The second kappa shape index (κ2) is 9.08. The van der Waals surface area contributed by atoms with Crippen LogP contribution in [0.1, 0.15) is 29.5 Å². The predicted octanol–water partition coefficient (Wildman–Crippen LogP) is 5.26. The number of rotatable bonds is 6. The lowest BCUT2D eigenvalue weighted by atomic mass is 9.83. The van der Waals surface area contributed by atoms with Crippen molar-refractivity contribution in [1.82, 2.24) is 0 Å². The van der Waals surface area contributed by atoms with E-state index in [2.05, 4.69) is 6.07 Å². The van der Waals surface area contributed by atoms with Crippen LogP contribution in [0.25, 0.3) is 0 Å². The van der Waals surface area contributed by atoms with Crippen LogP contribution in [0.4, 0.5) is 0 Å². The molecule has 2 N–H and O–H groups in total. The molecule has 1 atom stereocenters. The summed E-state index contributed by atoms with van der Waals surface area (Å²) >= 11 is 5.97. The first kappa shape index (κ1) is 21.8. The SMILES string of the molecule is CCOc1cc(C2C(C#N)=C(N)Oc3cc4c(cc32)OCO4)ccc1OCc1ccc(Cl)cc1. The number of nitrogens with zero attached hydrogens (tertiary/aromatic N) is 1. The van der Waals surface area contributed by atoms with Crippen LogP contribution in [0.3, 0.4) is 0 Å². The van der Waals surface area contributed by atoms with Gasteiger partial charge in [-0.15, -0.1) is 0 Å². The van der Waals surface area contributed by atoms with Gasteiger partial charge in [0.1, 0.15) is 24.0 Å². The van der Waals surface area contributed by atoms with Crippen molar-refractivity contribution in [3.63, 3.8) is 0 Å². The minimum absolute atomic E-state index is 0.0555. The molecule has 0 saturated heterocycles. The average molecular weight is 477 g/mol. The molecule has 7 nitrogen and oxygen atoms in total. The molecule has 0 aliphatic carbocycles. The molecule has 2 heterocycles. The van der Waals surface area contributed by atoms with Crippen molar-refractivity contribution >= 4 is 11.6 Å².